The molecule has 0 aliphatic carbocycles. The van der Waals surface area contributed by atoms with E-state index in [1.807, 2.05) is 25.2 Å². The van der Waals surface area contributed by atoms with Crippen molar-refractivity contribution >= 4 is 18.3 Å². The van der Waals surface area contributed by atoms with Crippen molar-refractivity contribution in [2.45, 2.75) is 39.2 Å². The molecule has 1 amide bonds. The van der Waals surface area contributed by atoms with Gasteiger partial charge in [0.1, 0.15) is 0 Å². The predicted molar refractivity (Wildman–Crippen MR) is 87.4 cm³/mol. The van der Waals surface area contributed by atoms with Gasteiger partial charge in [0.25, 0.3) is 0 Å². The van der Waals surface area contributed by atoms with Gasteiger partial charge in [-0.25, -0.2) is 0 Å². The van der Waals surface area contributed by atoms with Crippen LogP contribution in [-0.4, -0.2) is 25.5 Å². The van der Waals surface area contributed by atoms with Crippen LogP contribution < -0.4 is 10.6 Å². The van der Waals surface area contributed by atoms with Crippen LogP contribution in [-0.2, 0) is 4.79 Å². The molecular weight excluding hydrogens is 272 g/mol. The molecule has 2 N–H and O–H groups in total. The van der Waals surface area contributed by atoms with Crippen LogP contribution in [0, 0.1) is 5.92 Å². The van der Waals surface area contributed by atoms with Gasteiger partial charge in [-0.1, -0.05) is 44.2 Å². The second-order valence-corrected chi connectivity index (χ2v) is 5.46. The average molecular weight is 299 g/mol. The predicted octanol–water partition coefficient (Wildman–Crippen LogP) is 2.96. The molecule has 1 aromatic rings. The summed E-state index contributed by atoms with van der Waals surface area (Å²) in [6.45, 7) is 7.06. The molecule has 0 radical (unpaired) electrons. The molecule has 0 heterocycles. The average Bonchev–Trinajstić information content (AvgIpc) is 2.42. The summed E-state index contributed by atoms with van der Waals surface area (Å²) in [5, 5.41) is 6.10. The van der Waals surface area contributed by atoms with Gasteiger partial charge in [-0.05, 0) is 31.4 Å². The number of nitrogens with one attached hydrogen (secondary N) is 2. The summed E-state index contributed by atoms with van der Waals surface area (Å²) in [5.74, 6) is 0.866. The second kappa shape index (κ2) is 9.78. The van der Waals surface area contributed by atoms with Crippen LogP contribution in [0.2, 0.25) is 0 Å². The molecule has 1 rings (SSSR count). The zero-order chi connectivity index (χ0) is 14.3. The highest BCUT2D eigenvalue weighted by Gasteiger charge is 2.19. The number of benzene rings is 1. The van der Waals surface area contributed by atoms with Crippen LogP contribution in [0.25, 0.3) is 0 Å². The molecule has 3 nitrogen and oxygen atoms in total. The topological polar surface area (TPSA) is 41.1 Å². The Balaban J connectivity index is 0.00000361. The zero-order valence-corrected chi connectivity index (χ0v) is 13.7. The lowest BCUT2D eigenvalue weighted by atomic mass is 9.85. The van der Waals surface area contributed by atoms with E-state index in [4.69, 9.17) is 0 Å². The van der Waals surface area contributed by atoms with E-state index in [2.05, 4.69) is 43.5 Å². The minimum atomic E-state index is 0. The van der Waals surface area contributed by atoms with Gasteiger partial charge in [-0.3, -0.25) is 4.79 Å². The Labute approximate surface area is 128 Å². The molecule has 0 saturated heterocycles. The lowest BCUT2D eigenvalue weighted by molar-refractivity contribution is -0.121. The monoisotopic (exact) mass is 298 g/mol. The third-order valence-corrected chi connectivity index (χ3v) is 3.54. The number of amides is 1. The molecule has 0 bridgehead atoms. The van der Waals surface area contributed by atoms with Crippen LogP contribution in [0.5, 0.6) is 0 Å². The first-order chi connectivity index (χ1) is 9.04. The standard InChI is InChI=1S/C16H26N2O.ClH/c1-12(2)15(14-8-6-5-7-9-14)10-16(19)18-11-13(3)17-4;/h5-9,12-13,15,17H,10-11H2,1-4H3,(H,18,19);1H. The van der Waals surface area contributed by atoms with Gasteiger partial charge in [-0.15, -0.1) is 12.4 Å². The number of hydrogen-bond donors (Lipinski definition) is 2. The van der Waals surface area contributed by atoms with Crippen molar-refractivity contribution in [3.8, 4) is 0 Å². The number of carbonyl (C=O) groups excluding carboxylic acids is 1. The Morgan fingerprint density at radius 2 is 1.75 bits per heavy atom. The van der Waals surface area contributed by atoms with E-state index < -0.39 is 0 Å². The molecule has 20 heavy (non-hydrogen) atoms. The number of halogens is 1. The van der Waals surface area contributed by atoms with Gasteiger partial charge >= 0.3 is 0 Å². The fourth-order valence-electron chi connectivity index (χ4n) is 2.08. The van der Waals surface area contributed by atoms with Crippen molar-refractivity contribution in [2.24, 2.45) is 5.92 Å². The molecule has 0 aromatic heterocycles. The number of hydrogen-bond acceptors (Lipinski definition) is 2. The van der Waals surface area contributed by atoms with Gasteiger partial charge in [0.2, 0.25) is 5.91 Å². The zero-order valence-electron chi connectivity index (χ0n) is 12.8. The number of carbonyl (C=O) groups is 1. The summed E-state index contributed by atoms with van der Waals surface area (Å²) >= 11 is 0. The van der Waals surface area contributed by atoms with E-state index in [9.17, 15) is 4.79 Å². The summed E-state index contributed by atoms with van der Waals surface area (Å²) < 4.78 is 0. The smallest absolute Gasteiger partial charge is 0.220 e. The normalized spacial score (nSPS) is 13.4. The van der Waals surface area contributed by atoms with Crippen LogP contribution in [0.4, 0.5) is 0 Å². The quantitative estimate of drug-likeness (QED) is 0.812. The second-order valence-electron chi connectivity index (χ2n) is 5.46. The van der Waals surface area contributed by atoms with Crippen molar-refractivity contribution in [1.82, 2.24) is 10.6 Å². The van der Waals surface area contributed by atoms with Crippen LogP contribution in [0.15, 0.2) is 30.3 Å². The van der Waals surface area contributed by atoms with Crippen LogP contribution in [0.3, 0.4) is 0 Å². The van der Waals surface area contributed by atoms with Gasteiger partial charge < -0.3 is 10.6 Å². The van der Waals surface area contributed by atoms with Crippen molar-refractivity contribution < 1.29 is 4.79 Å². The molecule has 0 aliphatic rings. The Bertz CT molecular complexity index is 381. The fraction of sp³-hybridized carbons (Fsp3) is 0.562. The van der Waals surface area contributed by atoms with E-state index in [0.717, 1.165) is 0 Å². The molecule has 114 valence electrons. The highest BCUT2D eigenvalue weighted by molar-refractivity contribution is 5.85. The molecule has 0 spiro atoms. The summed E-state index contributed by atoms with van der Waals surface area (Å²) in [6, 6.07) is 10.6. The Kier molecular flexibility index (Phi) is 9.26. The molecule has 0 aliphatic heterocycles. The summed E-state index contributed by atoms with van der Waals surface area (Å²) in [7, 11) is 1.90. The first kappa shape index (κ1) is 18.9. The third-order valence-electron chi connectivity index (χ3n) is 3.54. The van der Waals surface area contributed by atoms with Crippen molar-refractivity contribution in [3.05, 3.63) is 35.9 Å². The van der Waals surface area contributed by atoms with Gasteiger partial charge in [0.05, 0.1) is 0 Å². The fourth-order valence-corrected chi connectivity index (χ4v) is 2.08. The Morgan fingerprint density at radius 1 is 1.15 bits per heavy atom. The van der Waals surface area contributed by atoms with Crippen molar-refractivity contribution in [2.75, 3.05) is 13.6 Å². The largest absolute Gasteiger partial charge is 0.355 e. The molecule has 4 heteroatoms. The maximum atomic E-state index is 12.0. The van der Waals surface area contributed by atoms with Crippen LogP contribution in [0.1, 0.15) is 38.7 Å². The summed E-state index contributed by atoms with van der Waals surface area (Å²) in [5.41, 5.74) is 1.24. The highest BCUT2D eigenvalue weighted by Crippen LogP contribution is 2.27. The van der Waals surface area contributed by atoms with Crippen molar-refractivity contribution in [1.29, 1.82) is 0 Å². The van der Waals surface area contributed by atoms with Crippen LogP contribution >= 0.6 is 12.4 Å². The molecule has 1 aromatic carbocycles. The lowest BCUT2D eigenvalue weighted by Crippen LogP contribution is -2.37. The Morgan fingerprint density at radius 3 is 2.25 bits per heavy atom. The minimum absolute atomic E-state index is 0. The van der Waals surface area contributed by atoms with E-state index in [-0.39, 0.29) is 24.2 Å². The SMILES string of the molecule is CNC(C)CNC(=O)CC(c1ccccc1)C(C)C.Cl. The molecule has 0 saturated carbocycles. The first-order valence-electron chi connectivity index (χ1n) is 7.03. The lowest BCUT2D eigenvalue weighted by Gasteiger charge is -2.21. The maximum absolute atomic E-state index is 12.0. The highest BCUT2D eigenvalue weighted by atomic mass is 35.5. The maximum Gasteiger partial charge on any atom is 0.220 e. The molecule has 2 atom stereocenters. The van der Waals surface area contributed by atoms with E-state index >= 15 is 0 Å². The summed E-state index contributed by atoms with van der Waals surface area (Å²) in [6.07, 6.45) is 0.554. The number of likely N-dealkylation sites (N-methyl/N-ethyl adjacent to an activating group) is 1. The van der Waals surface area contributed by atoms with E-state index in [1.165, 1.54) is 5.56 Å². The molecule has 2 unspecified atom stereocenters. The third kappa shape index (κ3) is 6.40. The van der Waals surface area contributed by atoms with Gasteiger partial charge in [0.15, 0.2) is 0 Å². The van der Waals surface area contributed by atoms with Gasteiger partial charge in [-0.2, -0.15) is 0 Å². The Hall–Kier alpha value is -1.06. The minimum Gasteiger partial charge on any atom is -0.355 e. The van der Waals surface area contributed by atoms with Gasteiger partial charge in [0, 0.05) is 19.0 Å². The van der Waals surface area contributed by atoms with Crippen molar-refractivity contribution in [3.63, 3.8) is 0 Å². The number of rotatable bonds is 7. The first-order valence-corrected chi connectivity index (χ1v) is 7.03. The summed E-state index contributed by atoms with van der Waals surface area (Å²) in [4.78, 5) is 12.0. The molecule has 0 fully saturated rings. The van der Waals surface area contributed by atoms with E-state index in [0.29, 0.717) is 24.9 Å². The molecular formula is C16H27ClN2O. The van der Waals surface area contributed by atoms with E-state index in [1.54, 1.807) is 0 Å².